The van der Waals surface area contributed by atoms with E-state index in [1.807, 2.05) is 0 Å². The smallest absolute Gasteiger partial charge is 0.341 e. The van der Waals surface area contributed by atoms with Gasteiger partial charge >= 0.3 is 11.9 Å². The summed E-state index contributed by atoms with van der Waals surface area (Å²) in [5, 5.41) is 23.3. The van der Waals surface area contributed by atoms with Crippen molar-refractivity contribution in [3.05, 3.63) is 49.9 Å². The Balaban J connectivity index is 1.90. The molecular formula is C20H20N2O7S2. The first-order chi connectivity index (χ1) is 14.8. The monoisotopic (exact) mass is 464 g/mol. The molecule has 164 valence electrons. The van der Waals surface area contributed by atoms with E-state index in [4.69, 9.17) is 9.84 Å². The van der Waals surface area contributed by atoms with Crippen LogP contribution in [0.4, 0.5) is 10.7 Å². The number of fused-ring (bicyclic) bond motifs is 1. The van der Waals surface area contributed by atoms with E-state index in [0.717, 1.165) is 54.0 Å². The Hall–Kier alpha value is -2.92. The van der Waals surface area contributed by atoms with Crippen molar-refractivity contribution in [1.82, 2.24) is 0 Å². The average molecular weight is 465 g/mol. The van der Waals surface area contributed by atoms with Crippen molar-refractivity contribution in [3.63, 3.8) is 0 Å². The van der Waals surface area contributed by atoms with Gasteiger partial charge in [-0.25, -0.2) is 4.79 Å². The average Bonchev–Trinajstić information content (AvgIpc) is 3.09. The number of nitrogens with zero attached hydrogens (tertiary/aromatic N) is 1. The minimum Gasteiger partial charge on any atom is -0.481 e. The van der Waals surface area contributed by atoms with Crippen molar-refractivity contribution in [2.75, 3.05) is 17.7 Å². The van der Waals surface area contributed by atoms with Crippen molar-refractivity contribution in [2.24, 2.45) is 0 Å². The zero-order valence-electron chi connectivity index (χ0n) is 16.6. The molecule has 2 N–H and O–H groups in total. The summed E-state index contributed by atoms with van der Waals surface area (Å²) >= 11 is 2.13. The predicted octanol–water partition coefficient (Wildman–Crippen LogP) is 4.14. The van der Waals surface area contributed by atoms with Gasteiger partial charge in [0.2, 0.25) is 0 Å². The second kappa shape index (κ2) is 9.92. The number of thioether (sulfide) groups is 1. The summed E-state index contributed by atoms with van der Waals surface area (Å²) in [7, 11) is 0. The number of aryl methyl sites for hydroxylation is 1. The lowest BCUT2D eigenvalue weighted by molar-refractivity contribution is -0.387. The van der Waals surface area contributed by atoms with E-state index in [-0.39, 0.29) is 28.5 Å². The highest BCUT2D eigenvalue weighted by atomic mass is 32.2. The number of aliphatic carboxylic acids is 1. The molecule has 0 fully saturated rings. The van der Waals surface area contributed by atoms with Gasteiger partial charge in [0.1, 0.15) is 5.00 Å². The Morgan fingerprint density at radius 3 is 2.71 bits per heavy atom. The van der Waals surface area contributed by atoms with Crippen LogP contribution < -0.4 is 5.32 Å². The summed E-state index contributed by atoms with van der Waals surface area (Å²) in [4.78, 5) is 48.1. The Kier molecular flexibility index (Phi) is 7.29. The number of anilines is 1. The highest BCUT2D eigenvalue weighted by Gasteiger charge is 2.28. The molecule has 1 aliphatic rings. The van der Waals surface area contributed by atoms with E-state index in [0.29, 0.717) is 10.6 Å². The third-order valence-electron chi connectivity index (χ3n) is 4.65. The number of carbonyl (C=O) groups excluding carboxylic acids is 2. The van der Waals surface area contributed by atoms with Gasteiger partial charge in [0.25, 0.3) is 11.6 Å². The molecule has 1 aliphatic carbocycles. The molecule has 1 amide bonds. The Morgan fingerprint density at radius 1 is 1.29 bits per heavy atom. The number of rotatable bonds is 8. The zero-order chi connectivity index (χ0) is 22.5. The number of benzene rings is 1. The lowest BCUT2D eigenvalue weighted by Gasteiger charge is -2.12. The predicted molar refractivity (Wildman–Crippen MR) is 116 cm³/mol. The summed E-state index contributed by atoms with van der Waals surface area (Å²) in [5.74, 6) is -2.53. The van der Waals surface area contributed by atoms with Gasteiger partial charge in [-0.3, -0.25) is 19.7 Å². The van der Waals surface area contributed by atoms with Gasteiger partial charge in [0.05, 0.1) is 27.7 Å². The van der Waals surface area contributed by atoms with Gasteiger partial charge in [-0.1, -0.05) is 0 Å². The molecule has 0 saturated heterocycles. The minimum atomic E-state index is -1.10. The van der Waals surface area contributed by atoms with Gasteiger partial charge in [-0.2, -0.15) is 0 Å². The number of esters is 1. The zero-order valence-corrected chi connectivity index (χ0v) is 18.3. The number of nitrogens with one attached hydrogen (secondary N) is 1. The normalized spacial score (nSPS) is 12.7. The lowest BCUT2D eigenvalue weighted by atomic mass is 9.95. The fraction of sp³-hybridized carbons (Fsp3) is 0.350. The summed E-state index contributed by atoms with van der Waals surface area (Å²) in [6.07, 6.45) is 3.51. The molecule has 0 unspecified atom stereocenters. The van der Waals surface area contributed by atoms with Crippen molar-refractivity contribution in [2.45, 2.75) is 37.5 Å². The number of nitro benzene ring substituents is 1. The molecule has 11 heteroatoms. The largest absolute Gasteiger partial charge is 0.481 e. The maximum atomic E-state index is 12.8. The number of ether oxygens (including phenoxy) is 1. The third-order valence-corrected chi connectivity index (χ3v) is 6.90. The van der Waals surface area contributed by atoms with Crippen LogP contribution in [0.5, 0.6) is 0 Å². The Morgan fingerprint density at radius 2 is 2.03 bits per heavy atom. The third kappa shape index (κ3) is 5.23. The van der Waals surface area contributed by atoms with E-state index >= 15 is 0 Å². The maximum absolute atomic E-state index is 12.8. The van der Waals surface area contributed by atoms with E-state index in [1.54, 1.807) is 6.92 Å². The van der Waals surface area contributed by atoms with Crippen molar-refractivity contribution >= 4 is 51.6 Å². The number of carboxylic acids is 1. The molecule has 0 bridgehead atoms. The molecule has 3 rings (SSSR count). The fourth-order valence-corrected chi connectivity index (χ4v) is 5.31. The van der Waals surface area contributed by atoms with Crippen LogP contribution in [-0.4, -0.2) is 40.2 Å². The molecule has 1 aromatic carbocycles. The molecule has 31 heavy (non-hydrogen) atoms. The Labute approximate surface area is 185 Å². The van der Waals surface area contributed by atoms with Crippen LogP contribution in [-0.2, 0) is 22.4 Å². The molecule has 9 nitrogen and oxygen atoms in total. The summed E-state index contributed by atoms with van der Waals surface area (Å²) in [6, 6.07) is 3.85. The number of nitro groups is 1. The van der Waals surface area contributed by atoms with Crippen molar-refractivity contribution < 1.29 is 29.2 Å². The summed E-state index contributed by atoms with van der Waals surface area (Å²) < 4.78 is 5.17. The number of carboxylic acid groups (broad SMARTS) is 1. The molecule has 2 aromatic rings. The van der Waals surface area contributed by atoms with Crippen LogP contribution in [0.25, 0.3) is 0 Å². The molecule has 0 saturated carbocycles. The van der Waals surface area contributed by atoms with Crippen LogP contribution in [0.2, 0.25) is 0 Å². The molecule has 1 heterocycles. The molecular weight excluding hydrogens is 444 g/mol. The van der Waals surface area contributed by atoms with Crippen LogP contribution >= 0.6 is 23.1 Å². The highest BCUT2D eigenvalue weighted by Crippen LogP contribution is 2.39. The van der Waals surface area contributed by atoms with E-state index in [1.165, 1.54) is 23.5 Å². The quantitative estimate of drug-likeness (QED) is 0.257. The second-order valence-corrected chi connectivity index (χ2v) is 8.83. The Bertz CT molecular complexity index is 1050. The number of thiophene rings is 1. The number of amides is 1. The SMILES string of the molecule is CCOC(=O)c1c(NC(=O)c2ccc(SCC(=O)O)c([N+](=O)[O-])c2)sc2c1CCCC2. The van der Waals surface area contributed by atoms with Gasteiger partial charge in [0, 0.05) is 16.5 Å². The van der Waals surface area contributed by atoms with Gasteiger partial charge in [-0.05, 0) is 50.3 Å². The number of carbonyl (C=O) groups is 3. The van der Waals surface area contributed by atoms with E-state index in [2.05, 4.69) is 5.32 Å². The lowest BCUT2D eigenvalue weighted by Crippen LogP contribution is -2.16. The van der Waals surface area contributed by atoms with Crippen LogP contribution in [0.1, 0.15) is 50.9 Å². The number of hydrogen-bond donors (Lipinski definition) is 2. The topological polar surface area (TPSA) is 136 Å². The summed E-state index contributed by atoms with van der Waals surface area (Å²) in [6.45, 7) is 1.91. The maximum Gasteiger partial charge on any atom is 0.341 e. The van der Waals surface area contributed by atoms with Crippen LogP contribution in [0, 0.1) is 10.1 Å². The van der Waals surface area contributed by atoms with Gasteiger partial charge in [-0.15, -0.1) is 23.1 Å². The van der Waals surface area contributed by atoms with Gasteiger partial charge in [0.15, 0.2) is 0 Å². The molecule has 0 spiro atoms. The first kappa shape index (κ1) is 22.8. The first-order valence-electron chi connectivity index (χ1n) is 9.57. The van der Waals surface area contributed by atoms with Crippen LogP contribution in [0.3, 0.4) is 0 Å². The van der Waals surface area contributed by atoms with Crippen LogP contribution in [0.15, 0.2) is 23.1 Å². The molecule has 0 atom stereocenters. The van der Waals surface area contributed by atoms with Crippen molar-refractivity contribution in [3.8, 4) is 0 Å². The molecule has 0 aliphatic heterocycles. The first-order valence-corrected chi connectivity index (χ1v) is 11.4. The highest BCUT2D eigenvalue weighted by molar-refractivity contribution is 8.00. The second-order valence-electron chi connectivity index (χ2n) is 6.71. The molecule has 0 radical (unpaired) electrons. The minimum absolute atomic E-state index is 0.0348. The fourth-order valence-electron chi connectivity index (χ4n) is 3.31. The molecule has 1 aromatic heterocycles. The van der Waals surface area contributed by atoms with Gasteiger partial charge < -0.3 is 15.2 Å². The van der Waals surface area contributed by atoms with E-state index in [9.17, 15) is 24.5 Å². The summed E-state index contributed by atoms with van der Waals surface area (Å²) in [5.41, 5.74) is 0.942. The standard InChI is InChI=1S/C20H20N2O7S2/c1-2-29-20(26)17-12-5-3-4-6-14(12)31-19(17)21-18(25)11-7-8-15(30-10-16(23)24)13(9-11)22(27)28/h7-9H,2-6,10H2,1H3,(H,21,25)(H,23,24). The number of hydrogen-bond acceptors (Lipinski definition) is 8. The van der Waals surface area contributed by atoms with E-state index < -0.39 is 22.8 Å². The van der Waals surface area contributed by atoms with Crippen molar-refractivity contribution in [1.29, 1.82) is 0 Å².